The van der Waals surface area contributed by atoms with Gasteiger partial charge in [0.1, 0.15) is 5.75 Å². The number of ether oxygens (including phenoxy) is 1. The molecule has 0 atom stereocenters. The second kappa shape index (κ2) is 3.62. The average molecular weight is 192 g/mol. The van der Waals surface area contributed by atoms with Gasteiger partial charge in [-0.25, -0.2) is 0 Å². The van der Waals surface area contributed by atoms with Gasteiger partial charge >= 0.3 is 0 Å². The summed E-state index contributed by atoms with van der Waals surface area (Å²) in [5, 5.41) is 9.21. The van der Waals surface area contributed by atoms with Crippen LogP contribution in [0.2, 0.25) is 0 Å². The summed E-state index contributed by atoms with van der Waals surface area (Å²) in [5.41, 5.74) is 1.45. The van der Waals surface area contributed by atoms with Crippen molar-refractivity contribution in [2.24, 2.45) is 5.41 Å². The second-order valence-corrected chi connectivity index (χ2v) is 4.19. The molecule has 0 unspecified atom stereocenters. The van der Waals surface area contributed by atoms with E-state index in [4.69, 9.17) is 4.74 Å². The van der Waals surface area contributed by atoms with Gasteiger partial charge in [0, 0.05) is 6.61 Å². The number of hydrogen-bond acceptors (Lipinski definition) is 2. The fourth-order valence-corrected chi connectivity index (χ4v) is 1.78. The van der Waals surface area contributed by atoms with Crippen LogP contribution in [-0.4, -0.2) is 18.8 Å². The van der Waals surface area contributed by atoms with Crippen LogP contribution in [0.25, 0.3) is 0 Å². The van der Waals surface area contributed by atoms with E-state index in [-0.39, 0.29) is 5.41 Å². The van der Waals surface area contributed by atoms with Crippen molar-refractivity contribution in [1.82, 2.24) is 0 Å². The first-order valence-corrected chi connectivity index (χ1v) is 5.02. The highest BCUT2D eigenvalue weighted by molar-refractivity contribution is 5.29. The first-order valence-electron chi connectivity index (χ1n) is 5.02. The molecule has 1 aliphatic carbocycles. The SMILES string of the molecule is COc1cccc(CC2(CO)CC2)c1. The van der Waals surface area contributed by atoms with Crippen LogP contribution in [-0.2, 0) is 6.42 Å². The van der Waals surface area contributed by atoms with E-state index < -0.39 is 0 Å². The Bertz CT molecular complexity index is 316. The Morgan fingerprint density at radius 2 is 2.21 bits per heavy atom. The molecular formula is C12H16O2. The second-order valence-electron chi connectivity index (χ2n) is 4.19. The highest BCUT2D eigenvalue weighted by Gasteiger charge is 2.41. The van der Waals surface area contributed by atoms with Gasteiger partial charge in [-0.1, -0.05) is 12.1 Å². The molecule has 0 aromatic heterocycles. The molecule has 1 N–H and O–H groups in total. The summed E-state index contributed by atoms with van der Waals surface area (Å²) in [6.45, 7) is 0.310. The third-order valence-electron chi connectivity index (χ3n) is 3.01. The Morgan fingerprint density at radius 3 is 2.79 bits per heavy atom. The molecule has 1 saturated carbocycles. The van der Waals surface area contributed by atoms with Gasteiger partial charge in [-0.05, 0) is 42.4 Å². The summed E-state index contributed by atoms with van der Waals surface area (Å²) in [4.78, 5) is 0. The van der Waals surface area contributed by atoms with E-state index in [1.807, 2.05) is 12.1 Å². The van der Waals surface area contributed by atoms with E-state index in [1.165, 1.54) is 5.56 Å². The third kappa shape index (κ3) is 1.90. The van der Waals surface area contributed by atoms with Crippen LogP contribution in [0.4, 0.5) is 0 Å². The van der Waals surface area contributed by atoms with E-state index >= 15 is 0 Å². The summed E-state index contributed by atoms with van der Waals surface area (Å²) in [5.74, 6) is 0.899. The molecule has 2 rings (SSSR count). The number of aliphatic hydroxyl groups is 1. The minimum absolute atomic E-state index is 0.187. The zero-order valence-electron chi connectivity index (χ0n) is 8.49. The number of methoxy groups -OCH3 is 1. The largest absolute Gasteiger partial charge is 0.497 e. The van der Waals surface area contributed by atoms with Crippen molar-refractivity contribution in [1.29, 1.82) is 0 Å². The van der Waals surface area contributed by atoms with Crippen LogP contribution in [0.5, 0.6) is 5.75 Å². The smallest absolute Gasteiger partial charge is 0.119 e. The van der Waals surface area contributed by atoms with Gasteiger partial charge in [-0.3, -0.25) is 0 Å². The Balaban J connectivity index is 2.09. The molecule has 1 fully saturated rings. The van der Waals surface area contributed by atoms with Gasteiger partial charge in [0.2, 0.25) is 0 Å². The molecule has 2 nitrogen and oxygen atoms in total. The molecule has 0 radical (unpaired) electrons. The van der Waals surface area contributed by atoms with E-state index in [2.05, 4.69) is 12.1 Å². The topological polar surface area (TPSA) is 29.5 Å². The maximum atomic E-state index is 9.21. The number of rotatable bonds is 4. The highest BCUT2D eigenvalue weighted by atomic mass is 16.5. The van der Waals surface area contributed by atoms with Gasteiger partial charge in [0.15, 0.2) is 0 Å². The van der Waals surface area contributed by atoms with Gasteiger partial charge in [0.05, 0.1) is 7.11 Å². The lowest BCUT2D eigenvalue weighted by Crippen LogP contribution is -2.09. The zero-order valence-corrected chi connectivity index (χ0v) is 8.49. The van der Waals surface area contributed by atoms with Gasteiger partial charge in [-0.15, -0.1) is 0 Å². The molecule has 0 amide bonds. The molecular weight excluding hydrogens is 176 g/mol. The molecule has 0 spiro atoms. The molecule has 0 saturated heterocycles. The third-order valence-corrected chi connectivity index (χ3v) is 3.01. The predicted octanol–water partition coefficient (Wildman–Crippen LogP) is 2.01. The molecule has 14 heavy (non-hydrogen) atoms. The Labute approximate surface area is 84.5 Å². The number of aliphatic hydroxyl groups excluding tert-OH is 1. The molecule has 0 bridgehead atoms. The molecule has 0 heterocycles. The molecule has 0 aliphatic heterocycles. The van der Waals surface area contributed by atoms with Crippen LogP contribution in [0.1, 0.15) is 18.4 Å². The summed E-state index contributed by atoms with van der Waals surface area (Å²) in [6, 6.07) is 8.09. The maximum absolute atomic E-state index is 9.21. The van der Waals surface area contributed by atoms with Crippen LogP contribution < -0.4 is 4.74 Å². The fourth-order valence-electron chi connectivity index (χ4n) is 1.78. The van der Waals surface area contributed by atoms with Crippen molar-refractivity contribution < 1.29 is 9.84 Å². The Kier molecular flexibility index (Phi) is 2.46. The summed E-state index contributed by atoms with van der Waals surface area (Å²) < 4.78 is 5.16. The lowest BCUT2D eigenvalue weighted by Gasteiger charge is -2.11. The summed E-state index contributed by atoms with van der Waals surface area (Å²) >= 11 is 0. The van der Waals surface area contributed by atoms with Gasteiger partial charge in [0.25, 0.3) is 0 Å². The van der Waals surface area contributed by atoms with Crippen molar-refractivity contribution in [2.45, 2.75) is 19.3 Å². The lowest BCUT2D eigenvalue weighted by atomic mass is 9.97. The zero-order chi connectivity index (χ0) is 10.0. The van der Waals surface area contributed by atoms with Crippen molar-refractivity contribution in [3.05, 3.63) is 29.8 Å². The van der Waals surface area contributed by atoms with Crippen LogP contribution >= 0.6 is 0 Å². The molecule has 76 valence electrons. The Hall–Kier alpha value is -1.02. The van der Waals surface area contributed by atoms with Gasteiger partial charge < -0.3 is 9.84 Å². The summed E-state index contributed by atoms with van der Waals surface area (Å²) in [6.07, 6.45) is 3.28. The quantitative estimate of drug-likeness (QED) is 0.790. The van der Waals surface area contributed by atoms with E-state index in [1.54, 1.807) is 7.11 Å². The molecule has 1 aromatic carbocycles. The van der Waals surface area contributed by atoms with E-state index in [0.717, 1.165) is 25.0 Å². The van der Waals surface area contributed by atoms with Gasteiger partial charge in [-0.2, -0.15) is 0 Å². The highest BCUT2D eigenvalue weighted by Crippen LogP contribution is 2.47. The average Bonchev–Trinajstić information content (AvgIpc) is 2.99. The van der Waals surface area contributed by atoms with Crippen molar-refractivity contribution in [3.8, 4) is 5.75 Å². The van der Waals surface area contributed by atoms with E-state index in [9.17, 15) is 5.11 Å². The first kappa shape index (κ1) is 9.53. The summed E-state index contributed by atoms with van der Waals surface area (Å²) in [7, 11) is 1.68. The van der Waals surface area contributed by atoms with Crippen molar-refractivity contribution in [2.75, 3.05) is 13.7 Å². The predicted molar refractivity (Wildman–Crippen MR) is 55.5 cm³/mol. The molecule has 1 aliphatic rings. The lowest BCUT2D eigenvalue weighted by molar-refractivity contribution is 0.211. The first-order chi connectivity index (χ1) is 6.78. The minimum atomic E-state index is 0.187. The Morgan fingerprint density at radius 1 is 1.43 bits per heavy atom. The van der Waals surface area contributed by atoms with Crippen molar-refractivity contribution in [3.63, 3.8) is 0 Å². The fraction of sp³-hybridized carbons (Fsp3) is 0.500. The van der Waals surface area contributed by atoms with Crippen molar-refractivity contribution >= 4 is 0 Å². The standard InChI is InChI=1S/C12H16O2/c1-14-11-4-2-3-10(7-11)8-12(9-13)5-6-12/h2-4,7,13H,5-6,8-9H2,1H3. The molecule has 2 heteroatoms. The van der Waals surface area contributed by atoms with Crippen LogP contribution in [0.3, 0.4) is 0 Å². The maximum Gasteiger partial charge on any atom is 0.119 e. The monoisotopic (exact) mass is 192 g/mol. The minimum Gasteiger partial charge on any atom is -0.497 e. The van der Waals surface area contributed by atoms with Crippen LogP contribution in [0, 0.1) is 5.41 Å². The van der Waals surface area contributed by atoms with Crippen LogP contribution in [0.15, 0.2) is 24.3 Å². The number of hydrogen-bond donors (Lipinski definition) is 1. The molecule has 1 aromatic rings. The van der Waals surface area contributed by atoms with E-state index in [0.29, 0.717) is 6.61 Å². The number of benzene rings is 1. The normalized spacial score (nSPS) is 17.9.